The van der Waals surface area contributed by atoms with Crippen LogP contribution in [-0.2, 0) is 13.0 Å². The number of fused-ring (bicyclic) bond motifs is 1. The first kappa shape index (κ1) is 20.6. The molecule has 30 heavy (non-hydrogen) atoms. The topological polar surface area (TPSA) is 75.4 Å². The van der Waals surface area contributed by atoms with Crippen LogP contribution in [0, 0.1) is 12.3 Å². The Morgan fingerprint density at radius 2 is 1.93 bits per heavy atom. The first-order valence-electron chi connectivity index (χ1n) is 11.0. The Kier molecular flexibility index (Phi) is 5.67. The molecule has 0 bridgehead atoms. The Morgan fingerprint density at radius 1 is 1.20 bits per heavy atom. The molecule has 0 atom stereocenters. The number of carbonyl (C=O) groups is 2. The Morgan fingerprint density at radius 3 is 2.67 bits per heavy atom. The number of hydrogen-bond donors (Lipinski definition) is 1. The number of nitrogens with one attached hydrogen (secondary N) is 1. The maximum absolute atomic E-state index is 12.8. The highest BCUT2D eigenvalue weighted by molar-refractivity contribution is 6.03. The number of nitrogens with zero attached hydrogens (tertiary/aromatic N) is 2. The third-order valence-corrected chi connectivity index (χ3v) is 6.18. The minimum absolute atomic E-state index is 0.0674. The summed E-state index contributed by atoms with van der Waals surface area (Å²) in [5.74, 6) is 1.67. The first-order valence-corrected chi connectivity index (χ1v) is 11.0. The average Bonchev–Trinajstić information content (AvgIpc) is 2.87. The molecule has 0 radical (unpaired) electrons. The van der Waals surface area contributed by atoms with E-state index in [0.29, 0.717) is 36.3 Å². The summed E-state index contributed by atoms with van der Waals surface area (Å²) in [5, 5.41) is 2.95. The summed E-state index contributed by atoms with van der Waals surface area (Å²) >= 11 is 0. The maximum Gasteiger partial charge on any atom is 0.287 e. The van der Waals surface area contributed by atoms with Crippen LogP contribution in [-0.4, -0.2) is 29.8 Å². The molecular weight excluding hydrogens is 378 g/mol. The van der Waals surface area contributed by atoms with E-state index in [1.165, 1.54) is 25.7 Å². The SMILES string of the molecule is Cc1c(C(=O)NCc2ccnc(N3CCCCCC3)c2)oc2c1C(=O)CC(C)(C)C2. The van der Waals surface area contributed by atoms with Crippen molar-refractivity contribution in [1.82, 2.24) is 10.3 Å². The van der Waals surface area contributed by atoms with Crippen LogP contribution in [0.2, 0.25) is 0 Å². The third kappa shape index (κ3) is 4.27. The summed E-state index contributed by atoms with van der Waals surface area (Å²) in [5.41, 5.74) is 2.13. The average molecular weight is 410 g/mol. The quantitative estimate of drug-likeness (QED) is 0.807. The second-order valence-electron chi connectivity index (χ2n) is 9.40. The van der Waals surface area contributed by atoms with Gasteiger partial charge in [0.25, 0.3) is 5.91 Å². The lowest BCUT2D eigenvalue weighted by Crippen LogP contribution is -2.26. The van der Waals surface area contributed by atoms with Crippen molar-refractivity contribution in [3.05, 3.63) is 46.5 Å². The molecule has 3 heterocycles. The number of amides is 1. The molecule has 4 rings (SSSR count). The van der Waals surface area contributed by atoms with Crippen molar-refractivity contribution in [3.63, 3.8) is 0 Å². The molecule has 0 spiro atoms. The van der Waals surface area contributed by atoms with Crippen molar-refractivity contribution in [2.75, 3.05) is 18.0 Å². The minimum atomic E-state index is -0.277. The molecule has 1 N–H and O–H groups in total. The highest BCUT2D eigenvalue weighted by Crippen LogP contribution is 2.38. The summed E-state index contributed by atoms with van der Waals surface area (Å²) in [6.07, 6.45) is 7.90. The van der Waals surface area contributed by atoms with Gasteiger partial charge in [-0.1, -0.05) is 26.7 Å². The van der Waals surface area contributed by atoms with Gasteiger partial charge in [0.1, 0.15) is 11.6 Å². The Labute approximate surface area is 178 Å². The Hall–Kier alpha value is -2.63. The van der Waals surface area contributed by atoms with Crippen LogP contribution in [0.15, 0.2) is 22.7 Å². The van der Waals surface area contributed by atoms with Crippen molar-refractivity contribution in [2.45, 2.75) is 65.8 Å². The van der Waals surface area contributed by atoms with Crippen LogP contribution in [0.4, 0.5) is 5.82 Å². The van der Waals surface area contributed by atoms with Gasteiger partial charge in [0, 0.05) is 44.2 Å². The number of aromatic nitrogens is 1. The van der Waals surface area contributed by atoms with Crippen molar-refractivity contribution < 1.29 is 14.0 Å². The number of hydrogen-bond acceptors (Lipinski definition) is 5. The summed E-state index contributed by atoms with van der Waals surface area (Å²) in [7, 11) is 0. The molecule has 0 aromatic carbocycles. The second-order valence-corrected chi connectivity index (χ2v) is 9.40. The van der Waals surface area contributed by atoms with E-state index in [1.54, 1.807) is 13.1 Å². The van der Waals surface area contributed by atoms with Gasteiger partial charge in [-0.25, -0.2) is 4.98 Å². The van der Waals surface area contributed by atoms with E-state index in [1.807, 2.05) is 6.07 Å². The number of rotatable bonds is 4. The first-order chi connectivity index (χ1) is 14.3. The molecular formula is C24H31N3O3. The van der Waals surface area contributed by atoms with Crippen LogP contribution < -0.4 is 10.2 Å². The van der Waals surface area contributed by atoms with E-state index in [9.17, 15) is 9.59 Å². The predicted octanol–water partition coefficient (Wildman–Crippen LogP) is 4.45. The summed E-state index contributed by atoms with van der Waals surface area (Å²) in [4.78, 5) is 32.2. The number of Topliss-reactive ketones (excluding diaryl/α,β-unsaturated/α-hetero) is 1. The highest BCUT2D eigenvalue weighted by Gasteiger charge is 2.37. The van der Waals surface area contributed by atoms with Gasteiger partial charge in [0.05, 0.1) is 5.56 Å². The van der Waals surface area contributed by atoms with Gasteiger partial charge >= 0.3 is 0 Å². The number of anilines is 1. The van der Waals surface area contributed by atoms with E-state index in [-0.39, 0.29) is 22.9 Å². The molecule has 6 heteroatoms. The number of furan rings is 1. The smallest absolute Gasteiger partial charge is 0.287 e. The fraction of sp³-hybridized carbons (Fsp3) is 0.542. The monoisotopic (exact) mass is 409 g/mol. The number of ketones is 1. The molecule has 1 aliphatic heterocycles. The zero-order valence-corrected chi connectivity index (χ0v) is 18.2. The summed E-state index contributed by atoms with van der Waals surface area (Å²) < 4.78 is 5.87. The minimum Gasteiger partial charge on any atom is -0.455 e. The second kappa shape index (κ2) is 8.25. The maximum atomic E-state index is 12.8. The summed E-state index contributed by atoms with van der Waals surface area (Å²) in [6.45, 7) is 8.37. The molecule has 2 aromatic rings. The van der Waals surface area contributed by atoms with E-state index >= 15 is 0 Å². The van der Waals surface area contributed by atoms with Crippen LogP contribution in [0.3, 0.4) is 0 Å². The van der Waals surface area contributed by atoms with Gasteiger partial charge < -0.3 is 14.6 Å². The molecule has 6 nitrogen and oxygen atoms in total. The standard InChI is InChI=1S/C24H31N3O3/c1-16-21-18(28)13-24(2,3)14-19(21)30-22(16)23(29)26-15-17-8-9-25-20(12-17)27-10-6-4-5-7-11-27/h8-9,12H,4-7,10-11,13-15H2,1-3H3,(H,26,29). The highest BCUT2D eigenvalue weighted by atomic mass is 16.4. The molecule has 1 amide bonds. The van der Waals surface area contributed by atoms with Crippen molar-refractivity contribution in [2.24, 2.45) is 5.41 Å². The molecule has 2 aliphatic rings. The van der Waals surface area contributed by atoms with Crippen LogP contribution in [0.5, 0.6) is 0 Å². The molecule has 1 aliphatic carbocycles. The van der Waals surface area contributed by atoms with Gasteiger partial charge in [-0.15, -0.1) is 0 Å². The van der Waals surface area contributed by atoms with E-state index in [2.05, 4.69) is 35.1 Å². The van der Waals surface area contributed by atoms with Crippen LogP contribution in [0.25, 0.3) is 0 Å². The van der Waals surface area contributed by atoms with Crippen molar-refractivity contribution in [3.8, 4) is 0 Å². The molecule has 2 aromatic heterocycles. The summed E-state index contributed by atoms with van der Waals surface area (Å²) in [6, 6.07) is 3.98. The van der Waals surface area contributed by atoms with E-state index < -0.39 is 0 Å². The Bertz CT molecular complexity index is 953. The lowest BCUT2D eigenvalue weighted by molar-refractivity contribution is 0.0888. The van der Waals surface area contributed by atoms with E-state index in [4.69, 9.17) is 4.42 Å². The fourth-order valence-electron chi connectivity index (χ4n) is 4.61. The van der Waals surface area contributed by atoms with Crippen LogP contribution >= 0.6 is 0 Å². The van der Waals surface area contributed by atoms with Crippen LogP contribution in [0.1, 0.15) is 83.8 Å². The molecule has 0 unspecified atom stereocenters. The van der Waals surface area contributed by atoms with E-state index in [0.717, 1.165) is 24.5 Å². The fourth-order valence-corrected chi connectivity index (χ4v) is 4.61. The zero-order valence-electron chi connectivity index (χ0n) is 18.2. The van der Waals surface area contributed by atoms with Gasteiger partial charge in [-0.3, -0.25) is 9.59 Å². The van der Waals surface area contributed by atoms with Gasteiger partial charge in [0.2, 0.25) is 0 Å². The molecule has 160 valence electrons. The van der Waals surface area contributed by atoms with Crippen molar-refractivity contribution in [1.29, 1.82) is 0 Å². The third-order valence-electron chi connectivity index (χ3n) is 6.18. The normalized spacial score (nSPS) is 18.6. The Balaban J connectivity index is 1.46. The van der Waals surface area contributed by atoms with Gasteiger partial charge in [0.15, 0.2) is 11.5 Å². The number of carbonyl (C=O) groups excluding carboxylic acids is 2. The number of pyridine rings is 1. The van der Waals surface area contributed by atoms with Gasteiger partial charge in [-0.2, -0.15) is 0 Å². The predicted molar refractivity (Wildman–Crippen MR) is 116 cm³/mol. The molecule has 0 saturated carbocycles. The molecule has 1 saturated heterocycles. The van der Waals surface area contributed by atoms with Crippen molar-refractivity contribution >= 4 is 17.5 Å². The lowest BCUT2D eigenvalue weighted by Gasteiger charge is -2.27. The molecule has 1 fully saturated rings. The zero-order chi connectivity index (χ0) is 21.3. The van der Waals surface area contributed by atoms with Gasteiger partial charge in [-0.05, 0) is 42.9 Å². The largest absolute Gasteiger partial charge is 0.455 e. The lowest BCUT2D eigenvalue weighted by atomic mass is 9.76.